The normalized spacial score (nSPS) is 12.3. The van der Waals surface area contributed by atoms with Crippen molar-refractivity contribution in [2.24, 2.45) is 0 Å². The molecular weight excluding hydrogens is 220 g/mol. The van der Waals surface area contributed by atoms with Crippen molar-refractivity contribution in [2.75, 3.05) is 5.73 Å². The topological polar surface area (TPSA) is 86.1 Å². The first-order valence-electron chi connectivity index (χ1n) is 5.27. The molecule has 0 saturated carbocycles. The SMILES string of the molecule is CC(NC(=O)Cn1ccc(N)n1)c1ccco1. The van der Waals surface area contributed by atoms with Gasteiger partial charge in [-0.25, -0.2) is 0 Å². The van der Waals surface area contributed by atoms with Gasteiger partial charge in [-0.3, -0.25) is 9.48 Å². The van der Waals surface area contributed by atoms with Crippen LogP contribution in [0.4, 0.5) is 5.82 Å². The fraction of sp³-hybridized carbons (Fsp3) is 0.273. The first kappa shape index (κ1) is 11.3. The zero-order chi connectivity index (χ0) is 12.3. The first-order chi connectivity index (χ1) is 8.15. The molecule has 2 rings (SSSR count). The fourth-order valence-electron chi connectivity index (χ4n) is 1.51. The number of carbonyl (C=O) groups is 1. The number of aromatic nitrogens is 2. The third-order valence-electron chi connectivity index (χ3n) is 2.31. The quantitative estimate of drug-likeness (QED) is 0.824. The molecule has 0 spiro atoms. The van der Waals surface area contributed by atoms with E-state index >= 15 is 0 Å². The van der Waals surface area contributed by atoms with Crippen molar-refractivity contribution in [3.63, 3.8) is 0 Å². The minimum Gasteiger partial charge on any atom is -0.467 e. The summed E-state index contributed by atoms with van der Waals surface area (Å²) in [6.45, 7) is 2.00. The number of nitrogens with one attached hydrogen (secondary N) is 1. The van der Waals surface area contributed by atoms with Crippen molar-refractivity contribution < 1.29 is 9.21 Å². The summed E-state index contributed by atoms with van der Waals surface area (Å²) in [4.78, 5) is 11.7. The predicted molar refractivity (Wildman–Crippen MR) is 61.9 cm³/mol. The van der Waals surface area contributed by atoms with Crippen LogP contribution in [0.3, 0.4) is 0 Å². The summed E-state index contributed by atoms with van der Waals surface area (Å²) in [6.07, 6.45) is 3.23. The maximum atomic E-state index is 11.7. The molecule has 6 heteroatoms. The number of furan rings is 1. The van der Waals surface area contributed by atoms with E-state index in [0.29, 0.717) is 5.82 Å². The standard InChI is InChI=1S/C11H14N4O2/c1-8(9-3-2-6-17-9)13-11(16)7-15-5-4-10(12)14-15/h2-6,8H,7H2,1H3,(H2,12,14)(H,13,16). The van der Waals surface area contributed by atoms with Crippen molar-refractivity contribution in [1.29, 1.82) is 0 Å². The summed E-state index contributed by atoms with van der Waals surface area (Å²) >= 11 is 0. The molecule has 90 valence electrons. The summed E-state index contributed by atoms with van der Waals surface area (Å²) in [6, 6.07) is 5.08. The lowest BCUT2D eigenvalue weighted by Crippen LogP contribution is -2.30. The number of nitrogen functional groups attached to an aromatic ring is 1. The molecule has 0 fully saturated rings. The van der Waals surface area contributed by atoms with E-state index in [2.05, 4.69) is 10.4 Å². The van der Waals surface area contributed by atoms with Gasteiger partial charge >= 0.3 is 0 Å². The second kappa shape index (κ2) is 4.73. The van der Waals surface area contributed by atoms with Crippen LogP contribution in [-0.4, -0.2) is 15.7 Å². The van der Waals surface area contributed by atoms with Gasteiger partial charge in [-0.2, -0.15) is 5.10 Å². The lowest BCUT2D eigenvalue weighted by molar-refractivity contribution is -0.122. The van der Waals surface area contributed by atoms with Crippen LogP contribution in [0.15, 0.2) is 35.1 Å². The molecule has 6 nitrogen and oxygen atoms in total. The lowest BCUT2D eigenvalue weighted by atomic mass is 10.2. The molecule has 0 aliphatic rings. The van der Waals surface area contributed by atoms with E-state index in [1.807, 2.05) is 13.0 Å². The van der Waals surface area contributed by atoms with E-state index in [1.165, 1.54) is 4.68 Å². The lowest BCUT2D eigenvalue weighted by Gasteiger charge is -2.11. The predicted octanol–water partition coefficient (Wildman–Crippen LogP) is 0.936. The van der Waals surface area contributed by atoms with Crippen LogP contribution in [0.5, 0.6) is 0 Å². The Morgan fingerprint density at radius 2 is 2.47 bits per heavy atom. The Labute approximate surface area is 98.4 Å². The van der Waals surface area contributed by atoms with Crippen LogP contribution in [0.2, 0.25) is 0 Å². The number of hydrogen-bond acceptors (Lipinski definition) is 4. The molecule has 17 heavy (non-hydrogen) atoms. The van der Waals surface area contributed by atoms with Crippen molar-refractivity contribution in [3.05, 3.63) is 36.4 Å². The van der Waals surface area contributed by atoms with Gasteiger partial charge in [-0.15, -0.1) is 0 Å². The highest BCUT2D eigenvalue weighted by Crippen LogP contribution is 2.11. The van der Waals surface area contributed by atoms with Crippen LogP contribution in [0.1, 0.15) is 18.7 Å². The molecule has 2 aromatic heterocycles. The van der Waals surface area contributed by atoms with E-state index < -0.39 is 0 Å². The number of carbonyl (C=O) groups excluding carboxylic acids is 1. The Morgan fingerprint density at radius 1 is 1.65 bits per heavy atom. The molecular formula is C11H14N4O2. The number of nitrogens with zero attached hydrogens (tertiary/aromatic N) is 2. The van der Waals surface area contributed by atoms with Crippen molar-refractivity contribution >= 4 is 11.7 Å². The van der Waals surface area contributed by atoms with Gasteiger partial charge in [0, 0.05) is 6.20 Å². The zero-order valence-corrected chi connectivity index (χ0v) is 9.46. The summed E-state index contributed by atoms with van der Waals surface area (Å²) in [5, 5.41) is 6.74. The van der Waals surface area contributed by atoms with Crippen LogP contribution < -0.4 is 11.1 Å². The molecule has 0 saturated heterocycles. The van der Waals surface area contributed by atoms with Crippen molar-refractivity contribution in [1.82, 2.24) is 15.1 Å². The Hall–Kier alpha value is -2.24. The molecule has 2 heterocycles. The average molecular weight is 234 g/mol. The molecule has 0 bridgehead atoms. The number of hydrogen-bond donors (Lipinski definition) is 2. The van der Waals surface area contributed by atoms with E-state index in [4.69, 9.17) is 10.2 Å². The largest absolute Gasteiger partial charge is 0.467 e. The summed E-state index contributed by atoms with van der Waals surface area (Å²) < 4.78 is 6.68. The van der Waals surface area contributed by atoms with Gasteiger partial charge in [0.15, 0.2) is 0 Å². The Kier molecular flexibility index (Phi) is 3.13. The minimum atomic E-state index is -0.162. The molecule has 0 aromatic carbocycles. The maximum Gasteiger partial charge on any atom is 0.242 e. The Morgan fingerprint density at radius 3 is 3.06 bits per heavy atom. The summed E-state index contributed by atoms with van der Waals surface area (Å²) in [5.74, 6) is 0.979. The van der Waals surface area contributed by atoms with Gasteiger partial charge in [0.2, 0.25) is 5.91 Å². The average Bonchev–Trinajstić information content (AvgIpc) is 2.89. The molecule has 3 N–H and O–H groups in total. The van der Waals surface area contributed by atoms with Gasteiger partial charge in [0.05, 0.1) is 12.3 Å². The monoisotopic (exact) mass is 234 g/mol. The van der Waals surface area contributed by atoms with Crippen LogP contribution in [0, 0.1) is 0 Å². The number of rotatable bonds is 4. The van der Waals surface area contributed by atoms with Gasteiger partial charge in [-0.05, 0) is 25.1 Å². The van der Waals surface area contributed by atoms with Crippen LogP contribution in [-0.2, 0) is 11.3 Å². The number of anilines is 1. The number of amides is 1. The summed E-state index contributed by atoms with van der Waals surface area (Å²) in [7, 11) is 0. The van der Waals surface area contributed by atoms with E-state index in [0.717, 1.165) is 5.76 Å². The first-order valence-corrected chi connectivity index (χ1v) is 5.27. The van der Waals surface area contributed by atoms with E-state index in [1.54, 1.807) is 24.6 Å². The molecule has 0 aliphatic heterocycles. The zero-order valence-electron chi connectivity index (χ0n) is 9.46. The Bertz CT molecular complexity index is 489. The second-order valence-corrected chi connectivity index (χ2v) is 3.74. The highest BCUT2D eigenvalue weighted by molar-refractivity contribution is 5.76. The van der Waals surface area contributed by atoms with Gasteiger partial charge in [0.1, 0.15) is 18.1 Å². The highest BCUT2D eigenvalue weighted by Gasteiger charge is 2.12. The molecule has 1 amide bonds. The summed E-state index contributed by atoms with van der Waals surface area (Å²) in [5.41, 5.74) is 5.45. The molecule has 0 aliphatic carbocycles. The van der Waals surface area contributed by atoms with Crippen LogP contribution in [0.25, 0.3) is 0 Å². The van der Waals surface area contributed by atoms with Gasteiger partial charge in [0.25, 0.3) is 0 Å². The van der Waals surface area contributed by atoms with Crippen molar-refractivity contribution in [3.8, 4) is 0 Å². The molecule has 1 unspecified atom stereocenters. The third-order valence-corrected chi connectivity index (χ3v) is 2.31. The number of nitrogens with two attached hydrogens (primary N) is 1. The molecule has 2 aromatic rings. The van der Waals surface area contributed by atoms with Crippen molar-refractivity contribution in [2.45, 2.75) is 19.5 Å². The second-order valence-electron chi connectivity index (χ2n) is 3.74. The maximum absolute atomic E-state index is 11.7. The van der Waals surface area contributed by atoms with E-state index in [-0.39, 0.29) is 18.5 Å². The van der Waals surface area contributed by atoms with Crippen LogP contribution >= 0.6 is 0 Å². The fourth-order valence-corrected chi connectivity index (χ4v) is 1.51. The third kappa shape index (κ3) is 2.87. The molecule has 1 atom stereocenters. The highest BCUT2D eigenvalue weighted by atomic mass is 16.3. The Balaban J connectivity index is 1.89. The van der Waals surface area contributed by atoms with Gasteiger partial charge < -0.3 is 15.5 Å². The van der Waals surface area contributed by atoms with E-state index in [9.17, 15) is 4.79 Å². The molecule has 0 radical (unpaired) electrons. The van der Waals surface area contributed by atoms with Gasteiger partial charge in [-0.1, -0.05) is 0 Å². The minimum absolute atomic E-state index is 0.141. The smallest absolute Gasteiger partial charge is 0.242 e.